The van der Waals surface area contributed by atoms with E-state index in [1.54, 1.807) is 0 Å². The monoisotopic (exact) mass is 418 g/mol. The molecule has 1 saturated heterocycles. The summed E-state index contributed by atoms with van der Waals surface area (Å²) in [6.45, 7) is 0.610. The highest BCUT2D eigenvalue weighted by atomic mass is 16.3. The third-order valence-corrected chi connectivity index (χ3v) is 7.63. The highest BCUT2D eigenvalue weighted by Gasteiger charge is 2.58. The van der Waals surface area contributed by atoms with Gasteiger partial charge in [-0.05, 0) is 62.1 Å². The van der Waals surface area contributed by atoms with Crippen LogP contribution in [0.1, 0.15) is 49.7 Å². The molecule has 5 rings (SSSR count). The number of carbonyl (C=O) groups excluding carboxylic acids is 2. The van der Waals surface area contributed by atoms with Crippen LogP contribution in [-0.4, -0.2) is 40.5 Å². The van der Waals surface area contributed by atoms with Crippen LogP contribution in [0, 0.1) is 5.92 Å². The van der Waals surface area contributed by atoms with E-state index >= 15 is 0 Å². The molecule has 2 atom stereocenters. The summed E-state index contributed by atoms with van der Waals surface area (Å²) in [5, 5.41) is 13.0. The van der Waals surface area contributed by atoms with Crippen molar-refractivity contribution >= 4 is 17.5 Å². The zero-order valence-corrected chi connectivity index (χ0v) is 17.8. The Morgan fingerprint density at radius 2 is 1.74 bits per heavy atom. The highest BCUT2D eigenvalue weighted by Crippen LogP contribution is 2.50. The van der Waals surface area contributed by atoms with Gasteiger partial charge in [-0.25, -0.2) is 0 Å². The average Bonchev–Trinajstić information content (AvgIpc) is 3.32. The van der Waals surface area contributed by atoms with Crippen LogP contribution in [0.3, 0.4) is 0 Å². The van der Waals surface area contributed by atoms with E-state index < -0.39 is 5.41 Å². The lowest BCUT2D eigenvalue weighted by Gasteiger charge is -2.37. The molecule has 0 bridgehead atoms. The minimum atomic E-state index is -0.671. The number of anilines is 1. The Kier molecular flexibility index (Phi) is 5.30. The molecule has 1 aliphatic carbocycles. The van der Waals surface area contributed by atoms with Gasteiger partial charge >= 0.3 is 0 Å². The number of likely N-dealkylation sites (tertiary alicyclic amines) is 1. The third-order valence-electron chi connectivity index (χ3n) is 7.63. The van der Waals surface area contributed by atoms with E-state index in [0.29, 0.717) is 25.8 Å². The van der Waals surface area contributed by atoms with Crippen molar-refractivity contribution in [2.75, 3.05) is 11.9 Å². The van der Waals surface area contributed by atoms with Gasteiger partial charge in [0.05, 0.1) is 17.6 Å². The summed E-state index contributed by atoms with van der Waals surface area (Å²) in [5.74, 6) is 0.151. The topological polar surface area (TPSA) is 69.6 Å². The Morgan fingerprint density at radius 1 is 1.03 bits per heavy atom. The average molecular weight is 419 g/mol. The Balaban J connectivity index is 1.47. The molecule has 2 N–H and O–H groups in total. The van der Waals surface area contributed by atoms with Crippen LogP contribution in [0.15, 0.2) is 54.6 Å². The van der Waals surface area contributed by atoms with Crippen molar-refractivity contribution in [1.29, 1.82) is 0 Å². The number of para-hydroxylation sites is 1. The number of aliphatic hydroxyl groups excluding tert-OH is 1. The first-order chi connectivity index (χ1) is 15.1. The molecule has 31 heavy (non-hydrogen) atoms. The Bertz CT molecular complexity index is 968. The molecule has 2 heterocycles. The van der Waals surface area contributed by atoms with Crippen LogP contribution < -0.4 is 5.32 Å². The molecule has 1 saturated carbocycles. The van der Waals surface area contributed by atoms with Gasteiger partial charge in [-0.2, -0.15) is 0 Å². The van der Waals surface area contributed by atoms with Gasteiger partial charge in [-0.3, -0.25) is 9.59 Å². The van der Waals surface area contributed by atoms with Gasteiger partial charge < -0.3 is 15.3 Å². The van der Waals surface area contributed by atoms with E-state index in [-0.39, 0.29) is 29.9 Å². The zero-order valence-electron chi connectivity index (χ0n) is 17.8. The summed E-state index contributed by atoms with van der Waals surface area (Å²) in [7, 11) is 0. The number of benzene rings is 2. The molecule has 2 fully saturated rings. The summed E-state index contributed by atoms with van der Waals surface area (Å²) in [4.78, 5) is 29.0. The highest BCUT2D eigenvalue weighted by molar-refractivity contribution is 6.07. The second-order valence-electron chi connectivity index (χ2n) is 9.30. The van der Waals surface area contributed by atoms with Crippen molar-refractivity contribution in [3.63, 3.8) is 0 Å². The van der Waals surface area contributed by atoms with Crippen molar-refractivity contribution in [1.82, 2.24) is 4.90 Å². The summed E-state index contributed by atoms with van der Waals surface area (Å²) in [6.07, 6.45) is 4.81. The van der Waals surface area contributed by atoms with Gasteiger partial charge in [0.25, 0.3) is 0 Å². The maximum atomic E-state index is 13.6. The molecule has 2 aromatic carbocycles. The number of aryl methyl sites for hydroxylation is 1. The number of fused-ring (bicyclic) bond motifs is 2. The van der Waals surface area contributed by atoms with Gasteiger partial charge in [-0.15, -0.1) is 0 Å². The smallest absolute Gasteiger partial charge is 0.237 e. The maximum absolute atomic E-state index is 13.6. The number of aliphatic hydroxyl groups is 1. The van der Waals surface area contributed by atoms with Gasteiger partial charge in [-0.1, -0.05) is 48.5 Å². The minimum Gasteiger partial charge on any atom is -0.393 e. The fraction of sp³-hybridized carbons (Fsp3) is 0.462. The van der Waals surface area contributed by atoms with Gasteiger partial charge in [0.15, 0.2) is 0 Å². The molecule has 0 radical (unpaired) electrons. The molecule has 2 aliphatic heterocycles. The summed E-state index contributed by atoms with van der Waals surface area (Å²) in [5.41, 5.74) is 2.47. The quantitative estimate of drug-likeness (QED) is 0.796. The van der Waals surface area contributed by atoms with Crippen LogP contribution in [0.5, 0.6) is 0 Å². The summed E-state index contributed by atoms with van der Waals surface area (Å²) < 4.78 is 0. The molecule has 2 amide bonds. The minimum absolute atomic E-state index is 0.0288. The second-order valence-corrected chi connectivity index (χ2v) is 9.30. The largest absolute Gasteiger partial charge is 0.393 e. The molecule has 0 unspecified atom stereocenters. The van der Waals surface area contributed by atoms with Crippen LogP contribution in [0.2, 0.25) is 0 Å². The predicted octanol–water partition coefficient (Wildman–Crippen LogP) is 3.66. The first-order valence-electron chi connectivity index (χ1n) is 11.5. The molecule has 0 aromatic heterocycles. The summed E-state index contributed by atoms with van der Waals surface area (Å²) >= 11 is 0. The fourth-order valence-corrected chi connectivity index (χ4v) is 5.97. The molecule has 3 aliphatic rings. The predicted molar refractivity (Wildman–Crippen MR) is 120 cm³/mol. The van der Waals surface area contributed by atoms with E-state index in [0.717, 1.165) is 36.9 Å². The van der Waals surface area contributed by atoms with Crippen molar-refractivity contribution in [3.8, 4) is 0 Å². The lowest BCUT2D eigenvalue weighted by Crippen LogP contribution is -2.50. The Labute approximate surface area is 183 Å². The van der Waals surface area contributed by atoms with Crippen molar-refractivity contribution in [3.05, 3.63) is 65.7 Å². The van der Waals surface area contributed by atoms with Gasteiger partial charge in [0.1, 0.15) is 0 Å². The number of hydrogen-bond acceptors (Lipinski definition) is 3. The van der Waals surface area contributed by atoms with Crippen molar-refractivity contribution < 1.29 is 14.7 Å². The molecular formula is C26H30N2O3. The number of carbonyl (C=O) groups is 2. The van der Waals surface area contributed by atoms with Crippen LogP contribution in [0.25, 0.3) is 0 Å². The number of rotatable bonds is 4. The first kappa shape index (κ1) is 20.3. The second kappa shape index (κ2) is 8.12. The SMILES string of the molecule is O=C(C1CCC(O)CC1)N1CC[C@@]2(C(=O)Nc3ccccc32)[C@@H]1CCc1ccccc1. The van der Waals surface area contributed by atoms with E-state index in [1.807, 2.05) is 47.4 Å². The van der Waals surface area contributed by atoms with Gasteiger partial charge in [0.2, 0.25) is 11.8 Å². The molecule has 2 aromatic rings. The lowest BCUT2D eigenvalue weighted by atomic mass is 9.73. The van der Waals surface area contributed by atoms with E-state index in [2.05, 4.69) is 17.4 Å². The molecule has 1 spiro atoms. The van der Waals surface area contributed by atoms with Crippen LogP contribution in [-0.2, 0) is 21.4 Å². The van der Waals surface area contributed by atoms with E-state index in [4.69, 9.17) is 0 Å². The van der Waals surface area contributed by atoms with Gasteiger partial charge in [0, 0.05) is 18.2 Å². The Hall–Kier alpha value is -2.66. The van der Waals surface area contributed by atoms with E-state index in [1.165, 1.54) is 5.56 Å². The lowest BCUT2D eigenvalue weighted by molar-refractivity contribution is -0.139. The number of hydrogen-bond donors (Lipinski definition) is 2. The van der Waals surface area contributed by atoms with Crippen molar-refractivity contribution in [2.45, 2.75) is 62.5 Å². The molecule has 162 valence electrons. The fourth-order valence-electron chi connectivity index (χ4n) is 5.97. The standard InChI is InChI=1S/C26H30N2O3/c29-20-13-11-19(12-14-20)24(30)28-17-16-26(21-8-4-5-9-22(21)27-25(26)31)23(28)15-10-18-6-2-1-3-7-18/h1-9,19-20,23,29H,10-17H2,(H,27,31)/t19?,20?,23-,26-/m0/s1. The van der Waals surface area contributed by atoms with E-state index in [9.17, 15) is 14.7 Å². The molecule has 5 nitrogen and oxygen atoms in total. The van der Waals surface area contributed by atoms with Crippen LogP contribution >= 0.6 is 0 Å². The number of nitrogens with one attached hydrogen (secondary N) is 1. The summed E-state index contributed by atoms with van der Waals surface area (Å²) in [6, 6.07) is 18.1. The normalized spacial score (nSPS) is 29.8. The third kappa shape index (κ3) is 3.45. The zero-order chi connectivity index (χ0) is 21.4. The number of amides is 2. The Morgan fingerprint density at radius 3 is 2.52 bits per heavy atom. The molecule has 5 heteroatoms. The molecular weight excluding hydrogens is 388 g/mol. The van der Waals surface area contributed by atoms with Crippen LogP contribution in [0.4, 0.5) is 5.69 Å². The number of nitrogens with zero attached hydrogens (tertiary/aromatic N) is 1. The maximum Gasteiger partial charge on any atom is 0.237 e. The first-order valence-corrected chi connectivity index (χ1v) is 11.5. The van der Waals surface area contributed by atoms with Crippen molar-refractivity contribution in [2.24, 2.45) is 5.92 Å².